The average molecular weight is 488 g/mol. The van der Waals surface area contributed by atoms with Crippen LogP contribution in [0.25, 0.3) is 22.7 Å². The van der Waals surface area contributed by atoms with Gasteiger partial charge >= 0.3 is 59.1 Å². The van der Waals surface area contributed by atoms with E-state index >= 15 is 0 Å². The van der Waals surface area contributed by atoms with Gasteiger partial charge < -0.3 is 28.6 Å². The van der Waals surface area contributed by atoms with Gasteiger partial charge in [-0.3, -0.25) is 14.5 Å². The van der Waals surface area contributed by atoms with E-state index < -0.39 is 20.5 Å². The number of hydrogen-bond acceptors (Lipinski definition) is 9. The van der Waals surface area contributed by atoms with Gasteiger partial charge in [-0.1, -0.05) is 6.07 Å². The molecule has 0 aromatic carbocycles. The van der Waals surface area contributed by atoms with Crippen molar-refractivity contribution in [1.29, 1.82) is 0 Å². The molecule has 0 spiro atoms. The molecule has 0 atom stereocenters. The van der Waals surface area contributed by atoms with Crippen LogP contribution in [0.3, 0.4) is 0 Å². The van der Waals surface area contributed by atoms with Crippen LogP contribution in [-0.2, 0) is 22.9 Å². The second kappa shape index (κ2) is 11.7. The molecule has 0 fully saturated rings. The summed E-state index contributed by atoms with van der Waals surface area (Å²) in [4.78, 5) is 38.0. The molecule has 0 aliphatic rings. The number of furan rings is 1. The molecule has 1 amide bonds. The first-order valence-electron chi connectivity index (χ1n) is 8.84. The van der Waals surface area contributed by atoms with Crippen LogP contribution in [0.4, 0.5) is 5.69 Å². The quantitative estimate of drug-likeness (QED) is 0.198. The number of phosphoric ester groups is 1. The maximum Gasteiger partial charge on any atom is 1.00 e. The Morgan fingerprint density at radius 2 is 2.00 bits per heavy atom. The van der Waals surface area contributed by atoms with E-state index in [1.807, 2.05) is 6.07 Å². The molecule has 0 aliphatic heterocycles. The number of carbonyl (C=O) groups excluding carboxylic acids is 1. The third kappa shape index (κ3) is 7.20. The van der Waals surface area contributed by atoms with Crippen LogP contribution >= 0.6 is 7.82 Å². The van der Waals surface area contributed by atoms with E-state index in [0.717, 1.165) is 4.68 Å². The van der Waals surface area contributed by atoms with Crippen molar-refractivity contribution in [3.63, 3.8) is 0 Å². The second-order valence-electron chi connectivity index (χ2n) is 6.37. The minimum absolute atomic E-state index is 0. The van der Waals surface area contributed by atoms with E-state index in [0.29, 0.717) is 28.4 Å². The zero-order valence-corrected chi connectivity index (χ0v) is 22.9. The standard InChI is InChI=1S/C18H17N6O6P.2Na/c1-23-10-14(17(22-23)13-4-2-3-7-19-13)21-18(25)16-6-5-15(30-16)12-8-20-24(9-12)11-29-31(26,27)28;;/h2-10H,11H2,1H3,(H,21,25)(H2,26,27,28);;/q;2*+1/p-2. The largest absolute Gasteiger partial charge is 1.00 e. The zero-order valence-electron chi connectivity index (χ0n) is 18.0. The summed E-state index contributed by atoms with van der Waals surface area (Å²) in [5.74, 6) is -0.135. The number of nitrogens with one attached hydrogen (secondary N) is 1. The Labute approximate surface area is 232 Å². The number of nitrogens with zero attached hydrogens (tertiary/aromatic N) is 5. The normalized spacial score (nSPS) is 10.9. The first-order valence-corrected chi connectivity index (χ1v) is 10.3. The maximum absolute atomic E-state index is 12.7. The first kappa shape index (κ1) is 27.7. The van der Waals surface area contributed by atoms with E-state index in [1.54, 1.807) is 42.3 Å². The van der Waals surface area contributed by atoms with E-state index in [1.165, 1.54) is 18.5 Å². The van der Waals surface area contributed by atoms with E-state index in [9.17, 15) is 19.1 Å². The minimum atomic E-state index is -5.11. The van der Waals surface area contributed by atoms with Crippen molar-refractivity contribution >= 4 is 19.4 Å². The molecule has 160 valence electrons. The first-order chi connectivity index (χ1) is 14.8. The molecule has 0 bridgehead atoms. The van der Waals surface area contributed by atoms with Gasteiger partial charge in [0.1, 0.15) is 18.2 Å². The molecule has 0 aliphatic carbocycles. The number of rotatable bonds is 7. The number of carbonyl (C=O) groups is 1. The fraction of sp³-hybridized carbons (Fsp3) is 0.111. The van der Waals surface area contributed by atoms with Crippen molar-refractivity contribution in [2.24, 2.45) is 7.05 Å². The predicted molar refractivity (Wildman–Crippen MR) is 103 cm³/mol. The molecule has 0 unspecified atom stereocenters. The van der Waals surface area contributed by atoms with Crippen LogP contribution in [-0.4, -0.2) is 30.5 Å². The van der Waals surface area contributed by atoms with Crippen LogP contribution in [0.5, 0.6) is 0 Å². The fourth-order valence-electron chi connectivity index (χ4n) is 2.76. The summed E-state index contributed by atoms with van der Waals surface area (Å²) >= 11 is 0. The van der Waals surface area contributed by atoms with Gasteiger partial charge in [0.2, 0.25) is 0 Å². The Morgan fingerprint density at radius 1 is 1.21 bits per heavy atom. The average Bonchev–Trinajstić information content (AvgIpc) is 3.46. The molecule has 1 N–H and O–H groups in total. The van der Waals surface area contributed by atoms with E-state index in [-0.39, 0.29) is 64.9 Å². The van der Waals surface area contributed by atoms with Crippen LogP contribution in [0.1, 0.15) is 10.6 Å². The number of hydrogen-bond donors (Lipinski definition) is 1. The molecule has 4 aromatic rings. The number of aryl methyl sites for hydroxylation is 1. The van der Waals surface area contributed by atoms with E-state index in [4.69, 9.17) is 4.42 Å². The summed E-state index contributed by atoms with van der Waals surface area (Å²) in [6.45, 7) is -0.560. The van der Waals surface area contributed by atoms with Crippen LogP contribution in [0, 0.1) is 0 Å². The maximum atomic E-state index is 12.7. The van der Waals surface area contributed by atoms with Gasteiger partial charge in [0.25, 0.3) is 5.91 Å². The van der Waals surface area contributed by atoms with Gasteiger partial charge in [-0.15, -0.1) is 0 Å². The molecule has 15 heteroatoms. The Hall–Kier alpha value is -1.57. The van der Waals surface area contributed by atoms with Crippen molar-refractivity contribution in [3.8, 4) is 22.7 Å². The van der Waals surface area contributed by atoms with Crippen LogP contribution in [0.15, 0.2) is 59.5 Å². The summed E-state index contributed by atoms with van der Waals surface area (Å²) in [7, 11) is -3.38. The zero-order chi connectivity index (χ0) is 22.0. The van der Waals surface area contributed by atoms with Crippen molar-refractivity contribution in [3.05, 3.63) is 60.9 Å². The van der Waals surface area contributed by atoms with Crippen molar-refractivity contribution in [2.75, 3.05) is 5.32 Å². The smallest absolute Gasteiger partial charge is 0.790 e. The summed E-state index contributed by atoms with van der Waals surface area (Å²) in [6.07, 6.45) is 6.08. The summed E-state index contributed by atoms with van der Waals surface area (Å²) in [5, 5.41) is 11.0. The number of pyridine rings is 1. The second-order valence-corrected chi connectivity index (χ2v) is 7.52. The molecule has 12 nitrogen and oxygen atoms in total. The van der Waals surface area contributed by atoms with Gasteiger partial charge in [0.05, 0.1) is 31.0 Å². The monoisotopic (exact) mass is 488 g/mol. The van der Waals surface area contributed by atoms with Gasteiger partial charge in [-0.25, -0.2) is 4.68 Å². The Bertz CT molecular complexity index is 1270. The summed E-state index contributed by atoms with van der Waals surface area (Å²) < 4.78 is 23.0. The Kier molecular flexibility index (Phi) is 9.82. The van der Waals surface area contributed by atoms with Gasteiger partial charge in [0.15, 0.2) is 5.76 Å². The van der Waals surface area contributed by atoms with E-state index in [2.05, 4.69) is 25.0 Å². The van der Waals surface area contributed by atoms with Crippen molar-refractivity contribution < 1.29 is 87.2 Å². The van der Waals surface area contributed by atoms with Gasteiger partial charge in [-0.05, 0) is 24.3 Å². The van der Waals surface area contributed by atoms with Gasteiger partial charge in [0, 0.05) is 25.6 Å². The molecule has 0 saturated heterocycles. The number of phosphoric acid groups is 1. The van der Waals surface area contributed by atoms with Crippen LogP contribution < -0.4 is 74.2 Å². The molecule has 4 aromatic heterocycles. The summed E-state index contributed by atoms with van der Waals surface area (Å²) in [5.41, 5.74) is 2.05. The molecule has 4 heterocycles. The number of amides is 1. The summed E-state index contributed by atoms with van der Waals surface area (Å²) in [6, 6.07) is 8.43. The van der Waals surface area contributed by atoms with Gasteiger partial charge in [-0.2, -0.15) is 10.2 Å². The predicted octanol–water partition coefficient (Wildman–Crippen LogP) is -5.00. The molecular weight excluding hydrogens is 473 g/mol. The van der Waals surface area contributed by atoms with Crippen molar-refractivity contribution in [1.82, 2.24) is 24.5 Å². The molecule has 4 rings (SSSR count). The van der Waals surface area contributed by atoms with Crippen molar-refractivity contribution in [2.45, 2.75) is 6.73 Å². The molecule has 0 radical (unpaired) electrons. The third-order valence-electron chi connectivity index (χ3n) is 4.08. The number of anilines is 1. The fourth-order valence-corrected chi connectivity index (χ4v) is 3.02. The Balaban J connectivity index is 0.00000193. The molecular formula is C18H15N6Na2O6P. The minimum Gasteiger partial charge on any atom is -0.790 e. The van der Waals surface area contributed by atoms with Crippen LogP contribution in [0.2, 0.25) is 0 Å². The third-order valence-corrected chi connectivity index (χ3v) is 4.51. The Morgan fingerprint density at radius 3 is 2.70 bits per heavy atom. The molecule has 0 saturated carbocycles. The topological polar surface area (TPSA) is 163 Å². The number of aromatic nitrogens is 5. The SMILES string of the molecule is Cn1cc(NC(=O)c2ccc(-c3cnn(COP(=O)([O-])[O-])c3)o2)c(-c2ccccn2)n1.[Na+].[Na+]. The molecule has 33 heavy (non-hydrogen) atoms.